The Kier molecular flexibility index (Phi) is 6.33. The summed E-state index contributed by atoms with van der Waals surface area (Å²) in [7, 11) is 0. The highest BCUT2D eigenvalue weighted by Crippen LogP contribution is 2.25. The van der Waals surface area contributed by atoms with Gasteiger partial charge in [-0.25, -0.2) is 0 Å². The Morgan fingerprint density at radius 3 is 2.61 bits per heavy atom. The highest BCUT2D eigenvalue weighted by Gasteiger charge is 2.35. The highest BCUT2D eigenvalue weighted by atomic mass is 79.9. The lowest BCUT2D eigenvalue weighted by atomic mass is 10.1. The third-order valence-electron chi connectivity index (χ3n) is 3.85. The van der Waals surface area contributed by atoms with Gasteiger partial charge < -0.3 is 5.32 Å². The summed E-state index contributed by atoms with van der Waals surface area (Å²) in [6.07, 6.45) is 4.52. The average molecular weight is 381 g/mol. The zero-order chi connectivity index (χ0) is 16.8. The molecule has 0 aliphatic carbocycles. The number of unbranched alkanes of at least 4 members (excludes halogenated alkanes) is 3. The molecule has 1 aliphatic heterocycles. The minimum absolute atomic E-state index is 0.116. The van der Waals surface area contributed by atoms with Crippen molar-refractivity contribution in [3.8, 4) is 0 Å². The zero-order valence-corrected chi connectivity index (χ0v) is 14.8. The second-order valence-electron chi connectivity index (χ2n) is 5.61. The van der Waals surface area contributed by atoms with Gasteiger partial charge in [0.05, 0.1) is 11.1 Å². The Labute approximate surface area is 144 Å². The topological polar surface area (TPSA) is 66.5 Å². The van der Waals surface area contributed by atoms with Gasteiger partial charge in [-0.3, -0.25) is 19.3 Å². The van der Waals surface area contributed by atoms with Crippen LogP contribution in [0.2, 0.25) is 0 Å². The lowest BCUT2D eigenvalue weighted by molar-refractivity contribution is -0.121. The molecule has 0 saturated carbocycles. The first-order valence-electron chi connectivity index (χ1n) is 7.97. The maximum Gasteiger partial charge on any atom is 0.261 e. The standard InChI is InChI=1S/C17H21BrN2O3/c1-2-3-4-5-9-19-15(21)8-10-20-16(22)13-7-6-12(18)11-14(13)17(20)23/h6-7,11H,2-5,8-10H2,1H3,(H,19,21). The predicted octanol–water partition coefficient (Wildman–Crippen LogP) is 3.13. The van der Waals surface area contributed by atoms with Crippen molar-refractivity contribution in [1.82, 2.24) is 10.2 Å². The summed E-state index contributed by atoms with van der Waals surface area (Å²) in [6, 6.07) is 5.01. The second-order valence-corrected chi connectivity index (χ2v) is 6.53. The first-order valence-corrected chi connectivity index (χ1v) is 8.76. The number of hydrogen-bond acceptors (Lipinski definition) is 3. The van der Waals surface area contributed by atoms with E-state index in [9.17, 15) is 14.4 Å². The number of halogens is 1. The Hall–Kier alpha value is -1.69. The molecule has 1 heterocycles. The van der Waals surface area contributed by atoms with Crippen LogP contribution in [0.4, 0.5) is 0 Å². The van der Waals surface area contributed by atoms with Gasteiger partial charge >= 0.3 is 0 Å². The molecule has 0 fully saturated rings. The van der Waals surface area contributed by atoms with Crippen LogP contribution >= 0.6 is 15.9 Å². The van der Waals surface area contributed by atoms with E-state index in [4.69, 9.17) is 0 Å². The number of benzene rings is 1. The molecule has 0 radical (unpaired) electrons. The number of imide groups is 1. The molecule has 0 unspecified atom stereocenters. The van der Waals surface area contributed by atoms with E-state index in [1.54, 1.807) is 18.2 Å². The van der Waals surface area contributed by atoms with Crippen LogP contribution in [0, 0.1) is 0 Å². The van der Waals surface area contributed by atoms with E-state index < -0.39 is 0 Å². The SMILES string of the molecule is CCCCCCNC(=O)CCN1C(=O)c2ccc(Br)cc2C1=O. The number of hydrogen-bond donors (Lipinski definition) is 1. The van der Waals surface area contributed by atoms with Crippen LogP contribution in [0.25, 0.3) is 0 Å². The monoisotopic (exact) mass is 380 g/mol. The average Bonchev–Trinajstić information content (AvgIpc) is 2.76. The normalized spacial score (nSPS) is 13.4. The number of amides is 3. The van der Waals surface area contributed by atoms with Crippen LogP contribution in [0.15, 0.2) is 22.7 Å². The molecule has 3 amide bonds. The maximum atomic E-state index is 12.3. The number of nitrogens with one attached hydrogen (secondary N) is 1. The van der Waals surface area contributed by atoms with E-state index in [0.29, 0.717) is 17.7 Å². The Bertz CT molecular complexity index is 616. The summed E-state index contributed by atoms with van der Waals surface area (Å²) in [6.45, 7) is 2.90. The lowest BCUT2D eigenvalue weighted by Gasteiger charge is -2.13. The molecule has 23 heavy (non-hydrogen) atoms. The van der Waals surface area contributed by atoms with Crippen LogP contribution in [-0.4, -0.2) is 35.7 Å². The molecule has 1 aromatic rings. The minimum atomic E-state index is -0.331. The molecule has 0 atom stereocenters. The third-order valence-corrected chi connectivity index (χ3v) is 4.34. The summed E-state index contributed by atoms with van der Waals surface area (Å²) in [5.74, 6) is -0.783. The van der Waals surface area contributed by atoms with Crippen molar-refractivity contribution >= 4 is 33.7 Å². The molecule has 1 N–H and O–H groups in total. The number of fused-ring (bicyclic) bond motifs is 1. The summed E-state index contributed by atoms with van der Waals surface area (Å²) < 4.78 is 0.754. The molecular formula is C17H21BrN2O3. The van der Waals surface area contributed by atoms with Crippen molar-refractivity contribution in [3.05, 3.63) is 33.8 Å². The van der Waals surface area contributed by atoms with Gasteiger partial charge in [-0.15, -0.1) is 0 Å². The predicted molar refractivity (Wildman–Crippen MR) is 91.3 cm³/mol. The molecule has 0 spiro atoms. The summed E-state index contributed by atoms with van der Waals surface area (Å²) in [5.41, 5.74) is 0.794. The number of carbonyl (C=O) groups excluding carboxylic acids is 3. The van der Waals surface area contributed by atoms with E-state index in [1.807, 2.05) is 0 Å². The van der Waals surface area contributed by atoms with E-state index in [-0.39, 0.29) is 30.7 Å². The summed E-state index contributed by atoms with van der Waals surface area (Å²) in [4.78, 5) is 37.4. The van der Waals surface area contributed by atoms with Crippen molar-refractivity contribution in [1.29, 1.82) is 0 Å². The van der Waals surface area contributed by atoms with E-state index in [2.05, 4.69) is 28.2 Å². The smallest absolute Gasteiger partial charge is 0.261 e. The molecule has 5 nitrogen and oxygen atoms in total. The van der Waals surface area contributed by atoms with Crippen molar-refractivity contribution in [2.75, 3.05) is 13.1 Å². The van der Waals surface area contributed by atoms with Crippen molar-refractivity contribution in [2.45, 2.75) is 39.0 Å². The van der Waals surface area contributed by atoms with Crippen LogP contribution in [0.3, 0.4) is 0 Å². The fraction of sp³-hybridized carbons (Fsp3) is 0.471. The van der Waals surface area contributed by atoms with E-state index >= 15 is 0 Å². The molecule has 0 bridgehead atoms. The second kappa shape index (κ2) is 8.24. The quantitative estimate of drug-likeness (QED) is 0.556. The van der Waals surface area contributed by atoms with Crippen LogP contribution in [0.5, 0.6) is 0 Å². The van der Waals surface area contributed by atoms with Gasteiger partial charge in [-0.05, 0) is 24.6 Å². The number of rotatable bonds is 8. The van der Waals surface area contributed by atoms with Gasteiger partial charge in [0, 0.05) is 24.0 Å². The van der Waals surface area contributed by atoms with Crippen LogP contribution in [0.1, 0.15) is 59.7 Å². The van der Waals surface area contributed by atoms with Gasteiger partial charge in [0.2, 0.25) is 5.91 Å². The Morgan fingerprint density at radius 1 is 1.13 bits per heavy atom. The molecule has 2 rings (SSSR count). The first-order chi connectivity index (χ1) is 11.0. The summed E-state index contributed by atoms with van der Waals surface area (Å²) in [5, 5.41) is 2.83. The molecule has 0 aromatic heterocycles. The number of carbonyl (C=O) groups is 3. The van der Waals surface area contributed by atoms with E-state index in [1.165, 1.54) is 6.42 Å². The molecule has 0 saturated heterocycles. The molecule has 124 valence electrons. The lowest BCUT2D eigenvalue weighted by Crippen LogP contribution is -2.34. The van der Waals surface area contributed by atoms with Gasteiger partial charge in [0.25, 0.3) is 11.8 Å². The van der Waals surface area contributed by atoms with Crippen LogP contribution < -0.4 is 5.32 Å². The maximum absolute atomic E-state index is 12.3. The zero-order valence-electron chi connectivity index (χ0n) is 13.2. The molecule has 6 heteroatoms. The number of nitrogens with zero attached hydrogens (tertiary/aromatic N) is 1. The van der Waals surface area contributed by atoms with E-state index in [0.717, 1.165) is 28.6 Å². The van der Waals surface area contributed by atoms with Gasteiger partial charge in [0.15, 0.2) is 0 Å². The third kappa shape index (κ3) is 4.41. The first kappa shape index (κ1) is 17.7. The van der Waals surface area contributed by atoms with Gasteiger partial charge in [-0.1, -0.05) is 42.1 Å². The van der Waals surface area contributed by atoms with Gasteiger partial charge in [0.1, 0.15) is 0 Å². The molecular weight excluding hydrogens is 360 g/mol. The largest absolute Gasteiger partial charge is 0.356 e. The Balaban J connectivity index is 1.82. The van der Waals surface area contributed by atoms with Crippen molar-refractivity contribution in [2.24, 2.45) is 0 Å². The highest BCUT2D eigenvalue weighted by molar-refractivity contribution is 9.10. The minimum Gasteiger partial charge on any atom is -0.356 e. The summed E-state index contributed by atoms with van der Waals surface area (Å²) >= 11 is 3.29. The van der Waals surface area contributed by atoms with Crippen LogP contribution in [-0.2, 0) is 4.79 Å². The Morgan fingerprint density at radius 2 is 1.87 bits per heavy atom. The molecule has 1 aromatic carbocycles. The van der Waals surface area contributed by atoms with Crippen molar-refractivity contribution in [3.63, 3.8) is 0 Å². The fourth-order valence-corrected chi connectivity index (χ4v) is 2.91. The molecule has 1 aliphatic rings. The van der Waals surface area contributed by atoms with Crippen molar-refractivity contribution < 1.29 is 14.4 Å². The fourth-order valence-electron chi connectivity index (χ4n) is 2.55. The van der Waals surface area contributed by atoms with Gasteiger partial charge in [-0.2, -0.15) is 0 Å².